The maximum absolute atomic E-state index is 11.9. The molecule has 1 saturated carbocycles. The highest BCUT2D eigenvalue weighted by Gasteiger charge is 2.31. The van der Waals surface area contributed by atoms with Crippen LogP contribution in [0.2, 0.25) is 0 Å². The summed E-state index contributed by atoms with van der Waals surface area (Å²) in [6.45, 7) is 8.68. The molecule has 0 aliphatic heterocycles. The summed E-state index contributed by atoms with van der Waals surface area (Å²) in [6.07, 6.45) is 7.39. The summed E-state index contributed by atoms with van der Waals surface area (Å²) in [4.78, 5) is 11.9. The van der Waals surface area contributed by atoms with Gasteiger partial charge in [-0.3, -0.25) is 4.79 Å². The predicted octanol–water partition coefficient (Wildman–Crippen LogP) is 4.13. The molecule has 1 heteroatoms. The van der Waals surface area contributed by atoms with Crippen molar-refractivity contribution in [2.24, 2.45) is 11.3 Å². The van der Waals surface area contributed by atoms with Crippen molar-refractivity contribution in [3.8, 4) is 0 Å². The van der Waals surface area contributed by atoms with Gasteiger partial charge in [-0.1, -0.05) is 31.9 Å². The summed E-state index contributed by atoms with van der Waals surface area (Å²) in [5.74, 6) is 0.772. The number of allylic oxidation sites excluding steroid dienone is 2. The van der Waals surface area contributed by atoms with E-state index in [1.165, 1.54) is 18.4 Å². The first-order chi connectivity index (χ1) is 6.91. The van der Waals surface area contributed by atoms with Crippen molar-refractivity contribution in [1.29, 1.82) is 0 Å². The van der Waals surface area contributed by atoms with Gasteiger partial charge in [-0.05, 0) is 38.5 Å². The van der Waals surface area contributed by atoms with Crippen LogP contribution in [0, 0.1) is 11.3 Å². The first kappa shape index (κ1) is 12.5. The SMILES string of the molecule is CC(C)=CCC(=O)C1CCCC(C)(C)C1. The minimum absolute atomic E-state index is 0.323. The number of hydrogen-bond donors (Lipinski definition) is 0. The summed E-state index contributed by atoms with van der Waals surface area (Å²) in [7, 11) is 0. The first-order valence-corrected chi connectivity index (χ1v) is 6.07. The molecule has 1 rings (SSSR count). The third kappa shape index (κ3) is 4.19. The molecule has 15 heavy (non-hydrogen) atoms. The van der Waals surface area contributed by atoms with E-state index in [2.05, 4.69) is 33.8 Å². The highest BCUT2D eigenvalue weighted by atomic mass is 16.1. The lowest BCUT2D eigenvalue weighted by Crippen LogP contribution is -2.27. The zero-order valence-corrected chi connectivity index (χ0v) is 10.6. The molecule has 1 fully saturated rings. The van der Waals surface area contributed by atoms with E-state index < -0.39 is 0 Å². The Hall–Kier alpha value is -0.590. The predicted molar refractivity (Wildman–Crippen MR) is 64.8 cm³/mol. The van der Waals surface area contributed by atoms with Gasteiger partial charge >= 0.3 is 0 Å². The van der Waals surface area contributed by atoms with Crippen LogP contribution in [0.3, 0.4) is 0 Å². The number of carbonyl (C=O) groups excluding carboxylic acids is 1. The standard InChI is InChI=1S/C14H24O/c1-11(2)7-8-13(15)12-6-5-9-14(3,4)10-12/h7,12H,5-6,8-10H2,1-4H3. The number of rotatable bonds is 3. The van der Waals surface area contributed by atoms with E-state index in [4.69, 9.17) is 0 Å². The molecule has 0 heterocycles. The van der Waals surface area contributed by atoms with E-state index in [-0.39, 0.29) is 0 Å². The maximum Gasteiger partial charge on any atom is 0.139 e. The second-order valence-electron chi connectivity index (χ2n) is 5.91. The van der Waals surface area contributed by atoms with Crippen LogP contribution in [0.1, 0.15) is 59.8 Å². The first-order valence-electron chi connectivity index (χ1n) is 6.07. The Balaban J connectivity index is 2.49. The lowest BCUT2D eigenvalue weighted by Gasteiger charge is -2.34. The number of Topliss-reactive ketones (excluding diaryl/α,β-unsaturated/α-hetero) is 1. The van der Waals surface area contributed by atoms with Crippen LogP contribution in [-0.4, -0.2) is 5.78 Å². The van der Waals surface area contributed by atoms with Crippen LogP contribution in [0.4, 0.5) is 0 Å². The molecule has 1 nitrogen and oxygen atoms in total. The molecule has 0 aromatic heterocycles. The maximum atomic E-state index is 11.9. The second-order valence-corrected chi connectivity index (χ2v) is 5.91. The van der Waals surface area contributed by atoms with E-state index in [1.54, 1.807) is 0 Å². The van der Waals surface area contributed by atoms with Crippen LogP contribution < -0.4 is 0 Å². The molecule has 0 N–H and O–H groups in total. The summed E-state index contributed by atoms with van der Waals surface area (Å²) >= 11 is 0. The van der Waals surface area contributed by atoms with E-state index in [0.717, 1.165) is 12.8 Å². The fourth-order valence-electron chi connectivity index (χ4n) is 2.44. The zero-order valence-electron chi connectivity index (χ0n) is 10.6. The molecule has 1 unspecified atom stereocenters. The quantitative estimate of drug-likeness (QED) is 0.637. The Morgan fingerprint density at radius 3 is 2.60 bits per heavy atom. The van der Waals surface area contributed by atoms with Gasteiger partial charge in [0.2, 0.25) is 0 Å². The average Bonchev–Trinajstić information content (AvgIpc) is 2.12. The van der Waals surface area contributed by atoms with Crippen molar-refractivity contribution < 1.29 is 4.79 Å². The van der Waals surface area contributed by atoms with Gasteiger partial charge in [0.05, 0.1) is 0 Å². The molecule has 86 valence electrons. The molecule has 1 aliphatic carbocycles. The van der Waals surface area contributed by atoms with E-state index in [0.29, 0.717) is 23.5 Å². The minimum Gasteiger partial charge on any atom is -0.299 e. The van der Waals surface area contributed by atoms with Crippen LogP contribution in [-0.2, 0) is 4.79 Å². The monoisotopic (exact) mass is 208 g/mol. The molecule has 0 amide bonds. The van der Waals surface area contributed by atoms with Crippen molar-refractivity contribution in [2.45, 2.75) is 59.8 Å². The largest absolute Gasteiger partial charge is 0.299 e. The molecule has 0 radical (unpaired) electrons. The van der Waals surface area contributed by atoms with Crippen LogP contribution in [0.5, 0.6) is 0 Å². The number of hydrogen-bond acceptors (Lipinski definition) is 1. The lowest BCUT2D eigenvalue weighted by molar-refractivity contribution is -0.124. The van der Waals surface area contributed by atoms with Gasteiger partial charge in [0.15, 0.2) is 0 Å². The Kier molecular flexibility index (Phi) is 4.12. The minimum atomic E-state index is 0.323. The van der Waals surface area contributed by atoms with E-state index in [9.17, 15) is 4.79 Å². The molecule has 1 atom stereocenters. The molecule has 0 spiro atoms. The van der Waals surface area contributed by atoms with Gasteiger partial charge in [-0.2, -0.15) is 0 Å². The van der Waals surface area contributed by atoms with Gasteiger partial charge in [0.25, 0.3) is 0 Å². The third-order valence-corrected chi connectivity index (χ3v) is 3.37. The normalized spacial score (nSPS) is 24.7. The van der Waals surface area contributed by atoms with Crippen molar-refractivity contribution in [3.05, 3.63) is 11.6 Å². The van der Waals surface area contributed by atoms with Crippen molar-refractivity contribution >= 4 is 5.78 Å². The second kappa shape index (κ2) is 4.96. The van der Waals surface area contributed by atoms with Gasteiger partial charge < -0.3 is 0 Å². The van der Waals surface area contributed by atoms with Crippen molar-refractivity contribution in [3.63, 3.8) is 0 Å². The smallest absolute Gasteiger partial charge is 0.139 e. The summed E-state index contributed by atoms with van der Waals surface area (Å²) < 4.78 is 0. The van der Waals surface area contributed by atoms with E-state index >= 15 is 0 Å². The summed E-state index contributed by atoms with van der Waals surface area (Å²) in [5, 5.41) is 0. The number of ketones is 1. The van der Waals surface area contributed by atoms with Gasteiger partial charge in [-0.15, -0.1) is 0 Å². The Labute approximate surface area is 93.9 Å². The molecule has 0 aromatic carbocycles. The number of carbonyl (C=O) groups is 1. The Morgan fingerprint density at radius 2 is 2.07 bits per heavy atom. The van der Waals surface area contributed by atoms with Gasteiger partial charge in [0, 0.05) is 12.3 Å². The fraction of sp³-hybridized carbons (Fsp3) is 0.786. The fourth-order valence-corrected chi connectivity index (χ4v) is 2.44. The highest BCUT2D eigenvalue weighted by molar-refractivity contribution is 5.82. The zero-order chi connectivity index (χ0) is 11.5. The third-order valence-electron chi connectivity index (χ3n) is 3.37. The molecular weight excluding hydrogens is 184 g/mol. The van der Waals surface area contributed by atoms with Gasteiger partial charge in [0.1, 0.15) is 5.78 Å². The Bertz CT molecular complexity index is 257. The van der Waals surface area contributed by atoms with Crippen LogP contribution in [0.25, 0.3) is 0 Å². The molecule has 1 aliphatic rings. The molecule has 0 bridgehead atoms. The topological polar surface area (TPSA) is 17.1 Å². The van der Waals surface area contributed by atoms with Crippen LogP contribution in [0.15, 0.2) is 11.6 Å². The average molecular weight is 208 g/mol. The molecular formula is C14H24O. The van der Waals surface area contributed by atoms with Crippen LogP contribution >= 0.6 is 0 Å². The van der Waals surface area contributed by atoms with E-state index in [1.807, 2.05) is 0 Å². The molecule has 0 saturated heterocycles. The van der Waals surface area contributed by atoms with Crippen molar-refractivity contribution in [2.75, 3.05) is 0 Å². The molecule has 0 aromatic rings. The highest BCUT2D eigenvalue weighted by Crippen LogP contribution is 2.39. The van der Waals surface area contributed by atoms with Gasteiger partial charge in [-0.25, -0.2) is 0 Å². The Morgan fingerprint density at radius 1 is 1.40 bits per heavy atom. The summed E-state index contributed by atoms with van der Waals surface area (Å²) in [6, 6.07) is 0. The summed E-state index contributed by atoms with van der Waals surface area (Å²) in [5.41, 5.74) is 1.63. The van der Waals surface area contributed by atoms with Crippen molar-refractivity contribution in [1.82, 2.24) is 0 Å². The lowest BCUT2D eigenvalue weighted by atomic mass is 9.70.